The SMILES string of the molecule is Cc1nc(Nc2ccccn2)cc([C@H]2CCN(c3ncccn3)C2)n1. The second-order valence-electron chi connectivity index (χ2n) is 6.05. The molecule has 7 heteroatoms. The van der Waals surface area contributed by atoms with E-state index >= 15 is 0 Å². The lowest BCUT2D eigenvalue weighted by molar-refractivity contribution is 0.732. The monoisotopic (exact) mass is 333 g/mol. The largest absolute Gasteiger partial charge is 0.340 e. The number of aryl methyl sites for hydroxylation is 1. The molecule has 3 aromatic heterocycles. The summed E-state index contributed by atoms with van der Waals surface area (Å²) in [5, 5.41) is 3.25. The third-order valence-electron chi connectivity index (χ3n) is 4.22. The standard InChI is InChI=1S/C18H19N7/c1-13-22-15(11-17(23-13)24-16-5-2-3-7-19-16)14-6-10-25(12-14)18-20-8-4-9-21-18/h2-5,7-9,11,14H,6,10,12H2,1H3,(H,19,22,23,24)/t14-/m0/s1. The summed E-state index contributed by atoms with van der Waals surface area (Å²) < 4.78 is 0. The third-order valence-corrected chi connectivity index (χ3v) is 4.22. The van der Waals surface area contributed by atoms with Crippen LogP contribution in [0.5, 0.6) is 0 Å². The van der Waals surface area contributed by atoms with E-state index in [1.54, 1.807) is 18.6 Å². The normalized spacial score (nSPS) is 16.8. The average molecular weight is 333 g/mol. The van der Waals surface area contributed by atoms with Crippen LogP contribution in [0.2, 0.25) is 0 Å². The van der Waals surface area contributed by atoms with E-state index in [9.17, 15) is 0 Å². The van der Waals surface area contributed by atoms with Gasteiger partial charge in [-0.15, -0.1) is 0 Å². The number of hydrogen-bond donors (Lipinski definition) is 1. The van der Waals surface area contributed by atoms with Crippen LogP contribution in [-0.2, 0) is 0 Å². The van der Waals surface area contributed by atoms with Crippen molar-refractivity contribution in [1.82, 2.24) is 24.9 Å². The molecule has 0 bridgehead atoms. The molecule has 0 saturated carbocycles. The number of nitrogens with zero attached hydrogens (tertiary/aromatic N) is 6. The van der Waals surface area contributed by atoms with Crippen molar-refractivity contribution < 1.29 is 0 Å². The first kappa shape index (κ1) is 15.4. The van der Waals surface area contributed by atoms with Crippen molar-refractivity contribution in [3.05, 3.63) is 60.4 Å². The molecule has 0 aliphatic carbocycles. The van der Waals surface area contributed by atoms with Gasteiger partial charge in [-0.1, -0.05) is 6.07 Å². The van der Waals surface area contributed by atoms with Gasteiger partial charge in [0.05, 0.1) is 5.69 Å². The summed E-state index contributed by atoms with van der Waals surface area (Å²) in [4.78, 5) is 24.3. The summed E-state index contributed by atoms with van der Waals surface area (Å²) in [7, 11) is 0. The van der Waals surface area contributed by atoms with Crippen LogP contribution in [0.25, 0.3) is 0 Å². The minimum atomic E-state index is 0.342. The Kier molecular flexibility index (Phi) is 4.20. The summed E-state index contributed by atoms with van der Waals surface area (Å²) in [5.74, 6) is 3.43. The van der Waals surface area contributed by atoms with Gasteiger partial charge in [0.2, 0.25) is 5.95 Å². The predicted octanol–water partition coefficient (Wildman–Crippen LogP) is 2.71. The van der Waals surface area contributed by atoms with Crippen LogP contribution in [0.3, 0.4) is 0 Å². The molecule has 1 fully saturated rings. The van der Waals surface area contributed by atoms with Gasteiger partial charge in [-0.3, -0.25) is 0 Å². The minimum Gasteiger partial charge on any atom is -0.340 e. The Hall–Kier alpha value is -3.09. The zero-order valence-corrected chi connectivity index (χ0v) is 14.0. The molecule has 1 N–H and O–H groups in total. The van der Waals surface area contributed by atoms with Gasteiger partial charge in [-0.2, -0.15) is 0 Å². The van der Waals surface area contributed by atoms with Gasteiger partial charge in [0.25, 0.3) is 0 Å². The van der Waals surface area contributed by atoms with E-state index in [1.807, 2.05) is 37.3 Å². The molecule has 0 unspecified atom stereocenters. The molecular formula is C18H19N7. The Bertz CT molecular complexity index is 839. The second-order valence-corrected chi connectivity index (χ2v) is 6.05. The summed E-state index contributed by atoms with van der Waals surface area (Å²) in [5.41, 5.74) is 1.05. The second kappa shape index (κ2) is 6.80. The van der Waals surface area contributed by atoms with E-state index in [4.69, 9.17) is 0 Å². The third kappa shape index (κ3) is 3.55. The Balaban J connectivity index is 1.53. The van der Waals surface area contributed by atoms with Gasteiger partial charge in [0.15, 0.2) is 0 Å². The highest BCUT2D eigenvalue weighted by Crippen LogP contribution is 2.29. The van der Waals surface area contributed by atoms with Crippen molar-refractivity contribution in [2.24, 2.45) is 0 Å². The summed E-state index contributed by atoms with van der Waals surface area (Å²) >= 11 is 0. The fraction of sp³-hybridized carbons (Fsp3) is 0.278. The maximum Gasteiger partial charge on any atom is 0.225 e. The van der Waals surface area contributed by atoms with E-state index < -0.39 is 0 Å². The molecule has 25 heavy (non-hydrogen) atoms. The van der Waals surface area contributed by atoms with E-state index in [0.717, 1.165) is 48.6 Å². The first-order valence-corrected chi connectivity index (χ1v) is 8.33. The van der Waals surface area contributed by atoms with Crippen molar-refractivity contribution in [2.75, 3.05) is 23.3 Å². The molecule has 4 heterocycles. The average Bonchev–Trinajstić information content (AvgIpc) is 3.13. The number of pyridine rings is 1. The van der Waals surface area contributed by atoms with Crippen LogP contribution in [0.1, 0.15) is 23.9 Å². The van der Waals surface area contributed by atoms with Crippen molar-refractivity contribution in [2.45, 2.75) is 19.3 Å². The molecular weight excluding hydrogens is 314 g/mol. The topological polar surface area (TPSA) is 79.7 Å². The molecule has 3 aromatic rings. The van der Waals surface area contributed by atoms with Crippen molar-refractivity contribution in [3.8, 4) is 0 Å². The van der Waals surface area contributed by atoms with Gasteiger partial charge in [-0.05, 0) is 31.5 Å². The van der Waals surface area contributed by atoms with Crippen LogP contribution >= 0.6 is 0 Å². The van der Waals surface area contributed by atoms with E-state index in [0.29, 0.717) is 5.92 Å². The highest BCUT2D eigenvalue weighted by molar-refractivity contribution is 5.52. The molecule has 7 nitrogen and oxygen atoms in total. The molecule has 1 atom stereocenters. The van der Waals surface area contributed by atoms with Crippen LogP contribution in [0, 0.1) is 6.92 Å². The Morgan fingerprint density at radius 3 is 2.64 bits per heavy atom. The molecule has 1 aliphatic rings. The highest BCUT2D eigenvalue weighted by Gasteiger charge is 2.27. The lowest BCUT2D eigenvalue weighted by Gasteiger charge is -2.16. The molecule has 0 radical (unpaired) electrons. The van der Waals surface area contributed by atoms with Gasteiger partial charge in [0.1, 0.15) is 17.5 Å². The van der Waals surface area contributed by atoms with Crippen LogP contribution in [0.15, 0.2) is 48.9 Å². The molecule has 1 saturated heterocycles. The molecule has 0 aromatic carbocycles. The molecule has 126 valence electrons. The van der Waals surface area contributed by atoms with Gasteiger partial charge >= 0.3 is 0 Å². The van der Waals surface area contributed by atoms with E-state index in [2.05, 4.69) is 35.1 Å². The smallest absolute Gasteiger partial charge is 0.225 e. The van der Waals surface area contributed by atoms with E-state index in [1.165, 1.54) is 0 Å². The predicted molar refractivity (Wildman–Crippen MR) is 95.9 cm³/mol. The molecule has 4 rings (SSSR count). The Morgan fingerprint density at radius 2 is 1.84 bits per heavy atom. The molecule has 0 spiro atoms. The van der Waals surface area contributed by atoms with Gasteiger partial charge in [-0.25, -0.2) is 24.9 Å². The summed E-state index contributed by atoms with van der Waals surface area (Å²) in [6.45, 7) is 3.71. The number of anilines is 3. The Morgan fingerprint density at radius 1 is 1.00 bits per heavy atom. The minimum absolute atomic E-state index is 0.342. The lowest BCUT2D eigenvalue weighted by Crippen LogP contribution is -2.21. The molecule has 0 amide bonds. The van der Waals surface area contributed by atoms with Gasteiger partial charge in [0, 0.05) is 43.7 Å². The van der Waals surface area contributed by atoms with Crippen molar-refractivity contribution in [3.63, 3.8) is 0 Å². The zero-order chi connectivity index (χ0) is 17.1. The van der Waals surface area contributed by atoms with Crippen LogP contribution in [-0.4, -0.2) is 38.0 Å². The molecule has 1 aliphatic heterocycles. The lowest BCUT2D eigenvalue weighted by atomic mass is 10.0. The summed E-state index contributed by atoms with van der Waals surface area (Å²) in [6.07, 6.45) is 6.34. The van der Waals surface area contributed by atoms with Gasteiger partial charge < -0.3 is 10.2 Å². The number of hydrogen-bond acceptors (Lipinski definition) is 7. The fourth-order valence-corrected chi connectivity index (χ4v) is 3.07. The zero-order valence-electron chi connectivity index (χ0n) is 14.0. The Labute approximate surface area is 146 Å². The van der Waals surface area contributed by atoms with Crippen LogP contribution < -0.4 is 10.2 Å². The summed E-state index contributed by atoms with van der Waals surface area (Å²) in [6, 6.07) is 9.60. The number of aromatic nitrogens is 5. The van der Waals surface area contributed by atoms with E-state index in [-0.39, 0.29) is 0 Å². The van der Waals surface area contributed by atoms with Crippen molar-refractivity contribution >= 4 is 17.6 Å². The first-order valence-electron chi connectivity index (χ1n) is 8.33. The maximum absolute atomic E-state index is 4.65. The quantitative estimate of drug-likeness (QED) is 0.786. The highest BCUT2D eigenvalue weighted by atomic mass is 15.3. The van der Waals surface area contributed by atoms with Crippen LogP contribution in [0.4, 0.5) is 17.6 Å². The number of nitrogens with one attached hydrogen (secondary N) is 1. The fourth-order valence-electron chi connectivity index (χ4n) is 3.07. The first-order chi connectivity index (χ1) is 12.3. The number of rotatable bonds is 4. The maximum atomic E-state index is 4.65. The van der Waals surface area contributed by atoms with Crippen molar-refractivity contribution in [1.29, 1.82) is 0 Å².